The molecule has 2 heterocycles. The maximum Gasteiger partial charge on any atom is 0.271 e. The third-order valence-corrected chi connectivity index (χ3v) is 7.88. The van der Waals surface area contributed by atoms with Gasteiger partial charge in [0.25, 0.3) is 11.8 Å². The second-order valence-electron chi connectivity index (χ2n) is 9.13. The summed E-state index contributed by atoms with van der Waals surface area (Å²) in [6.07, 6.45) is 3.57. The van der Waals surface area contributed by atoms with Gasteiger partial charge in [0.2, 0.25) is 0 Å². The Bertz CT molecular complexity index is 1700. The van der Waals surface area contributed by atoms with E-state index in [0.717, 1.165) is 26.8 Å². The largest absolute Gasteiger partial charge is 0.271 e. The quantitative estimate of drug-likeness (QED) is 0.136. The summed E-state index contributed by atoms with van der Waals surface area (Å²) in [5.74, 6) is -0.154. The van der Waals surface area contributed by atoms with Crippen LogP contribution in [0.15, 0.2) is 107 Å². The minimum Gasteiger partial charge on any atom is -0.269 e. The zero-order valence-corrected chi connectivity index (χ0v) is 23.5. The fourth-order valence-electron chi connectivity index (χ4n) is 4.53. The van der Waals surface area contributed by atoms with Crippen LogP contribution in [0.4, 0.5) is 0 Å². The smallest absolute Gasteiger partial charge is 0.269 e. The number of nitrogens with zero attached hydrogens (tertiary/aromatic N) is 4. The zero-order chi connectivity index (χ0) is 28.2. The van der Waals surface area contributed by atoms with Gasteiger partial charge in [-0.15, -0.1) is 11.8 Å². The number of nitriles is 1. The standard InChI is InChI=1S/C32H25ClN4O2S/c1-3-40-26-15-13-22(14-16-26)30-24(20-37(35-30)25-10-5-4-6-11-25)17-27-21(2)28(18-34)32(39)36(31(27)38)19-23-9-7-8-12-29(23)33/h4-17,20H,3,19H2,1-2H3/b27-17+. The number of amides is 2. The molecule has 0 spiro atoms. The molecule has 0 aliphatic carbocycles. The van der Waals surface area contributed by atoms with E-state index < -0.39 is 11.8 Å². The van der Waals surface area contributed by atoms with Crippen molar-refractivity contribution >= 4 is 41.3 Å². The van der Waals surface area contributed by atoms with Gasteiger partial charge in [-0.05, 0) is 60.2 Å². The van der Waals surface area contributed by atoms with E-state index in [0.29, 0.717) is 27.4 Å². The average molecular weight is 565 g/mol. The number of benzene rings is 3. The number of hydrogen-bond donors (Lipinski definition) is 0. The van der Waals surface area contributed by atoms with Crippen molar-refractivity contribution in [3.63, 3.8) is 0 Å². The maximum absolute atomic E-state index is 13.8. The molecule has 0 saturated heterocycles. The Kier molecular flexibility index (Phi) is 8.01. The van der Waals surface area contributed by atoms with Gasteiger partial charge in [0.15, 0.2) is 0 Å². The highest BCUT2D eigenvalue weighted by molar-refractivity contribution is 7.99. The monoisotopic (exact) mass is 564 g/mol. The first-order valence-corrected chi connectivity index (χ1v) is 14.1. The van der Waals surface area contributed by atoms with Gasteiger partial charge in [-0.1, -0.05) is 67.1 Å². The van der Waals surface area contributed by atoms with Crippen molar-refractivity contribution in [3.8, 4) is 23.0 Å². The van der Waals surface area contributed by atoms with E-state index in [1.165, 1.54) is 0 Å². The van der Waals surface area contributed by atoms with Crippen LogP contribution in [0.3, 0.4) is 0 Å². The lowest BCUT2D eigenvalue weighted by molar-refractivity contribution is -0.141. The third-order valence-electron chi connectivity index (χ3n) is 6.61. The van der Waals surface area contributed by atoms with Crippen molar-refractivity contribution in [1.29, 1.82) is 5.26 Å². The molecule has 0 fully saturated rings. The van der Waals surface area contributed by atoms with Crippen LogP contribution in [0.5, 0.6) is 0 Å². The van der Waals surface area contributed by atoms with Gasteiger partial charge in [0, 0.05) is 32.8 Å². The molecule has 0 bridgehead atoms. The Morgan fingerprint density at radius 2 is 1.68 bits per heavy atom. The highest BCUT2D eigenvalue weighted by Crippen LogP contribution is 2.33. The number of para-hydroxylation sites is 1. The Morgan fingerprint density at radius 3 is 2.35 bits per heavy atom. The molecule has 0 unspecified atom stereocenters. The summed E-state index contributed by atoms with van der Waals surface area (Å²) < 4.78 is 1.76. The van der Waals surface area contributed by atoms with Gasteiger partial charge in [-0.3, -0.25) is 14.5 Å². The lowest BCUT2D eigenvalue weighted by Gasteiger charge is -2.27. The normalized spacial score (nSPS) is 14.7. The van der Waals surface area contributed by atoms with Crippen molar-refractivity contribution in [2.45, 2.75) is 25.3 Å². The summed E-state index contributed by atoms with van der Waals surface area (Å²) in [5, 5.41) is 15.2. The third kappa shape index (κ3) is 5.37. The molecule has 1 aromatic heterocycles. The Balaban J connectivity index is 1.64. The second-order valence-corrected chi connectivity index (χ2v) is 10.9. The molecule has 0 radical (unpaired) electrons. The van der Waals surface area contributed by atoms with Gasteiger partial charge in [-0.2, -0.15) is 10.4 Å². The lowest BCUT2D eigenvalue weighted by Crippen LogP contribution is -2.42. The maximum atomic E-state index is 13.8. The van der Waals surface area contributed by atoms with Gasteiger partial charge >= 0.3 is 0 Å². The molecule has 4 aromatic rings. The predicted molar refractivity (Wildman–Crippen MR) is 159 cm³/mol. The van der Waals surface area contributed by atoms with Crippen LogP contribution in [0.2, 0.25) is 5.02 Å². The topological polar surface area (TPSA) is 79.0 Å². The molecule has 0 N–H and O–H groups in total. The van der Waals surface area contributed by atoms with Crippen molar-refractivity contribution in [3.05, 3.63) is 118 Å². The molecule has 5 rings (SSSR count). The van der Waals surface area contributed by atoms with E-state index in [4.69, 9.17) is 16.7 Å². The summed E-state index contributed by atoms with van der Waals surface area (Å²) in [4.78, 5) is 29.2. The first kappa shape index (κ1) is 27.2. The summed E-state index contributed by atoms with van der Waals surface area (Å²) in [6.45, 7) is 3.70. The first-order valence-electron chi connectivity index (χ1n) is 12.7. The minimum absolute atomic E-state index is 0.0418. The van der Waals surface area contributed by atoms with Crippen molar-refractivity contribution in [2.24, 2.45) is 0 Å². The summed E-state index contributed by atoms with van der Waals surface area (Å²) >= 11 is 8.08. The molecule has 1 aliphatic rings. The number of halogens is 1. The van der Waals surface area contributed by atoms with Crippen LogP contribution >= 0.6 is 23.4 Å². The summed E-state index contributed by atoms with van der Waals surface area (Å²) in [7, 11) is 0. The SMILES string of the molecule is CCSc1ccc(-c2nn(-c3ccccc3)cc2/C=C2/C(=O)N(Cc3ccccc3Cl)C(=O)C(C#N)=C2C)cc1. The van der Waals surface area contributed by atoms with Crippen molar-refractivity contribution in [1.82, 2.24) is 14.7 Å². The second kappa shape index (κ2) is 11.8. The highest BCUT2D eigenvalue weighted by Gasteiger charge is 2.36. The van der Waals surface area contributed by atoms with E-state index in [-0.39, 0.29) is 17.7 Å². The van der Waals surface area contributed by atoms with Gasteiger partial charge < -0.3 is 0 Å². The first-order chi connectivity index (χ1) is 19.4. The number of carbonyl (C=O) groups is 2. The molecular formula is C32H25ClN4O2S. The van der Waals surface area contributed by atoms with Crippen LogP contribution < -0.4 is 0 Å². The van der Waals surface area contributed by atoms with E-state index in [1.54, 1.807) is 53.7 Å². The molecule has 0 saturated carbocycles. The Morgan fingerprint density at radius 1 is 0.975 bits per heavy atom. The van der Waals surface area contributed by atoms with Crippen LogP contribution in [-0.4, -0.2) is 32.2 Å². The van der Waals surface area contributed by atoms with E-state index in [1.807, 2.05) is 54.7 Å². The van der Waals surface area contributed by atoms with Crippen LogP contribution in [-0.2, 0) is 16.1 Å². The molecule has 8 heteroatoms. The molecular weight excluding hydrogens is 540 g/mol. The fraction of sp³-hybridized carbons (Fsp3) is 0.125. The fourth-order valence-corrected chi connectivity index (χ4v) is 5.39. The van der Waals surface area contributed by atoms with E-state index in [2.05, 4.69) is 19.1 Å². The summed E-state index contributed by atoms with van der Waals surface area (Å²) in [6, 6.07) is 26.8. The minimum atomic E-state index is -0.633. The van der Waals surface area contributed by atoms with E-state index >= 15 is 0 Å². The molecule has 40 heavy (non-hydrogen) atoms. The van der Waals surface area contributed by atoms with Crippen LogP contribution in [0, 0.1) is 11.3 Å². The summed E-state index contributed by atoms with van der Waals surface area (Å²) in [5.41, 5.74) is 4.25. The number of imide groups is 1. The Hall–Kier alpha value is -4.38. The van der Waals surface area contributed by atoms with Gasteiger partial charge in [0.1, 0.15) is 11.6 Å². The number of rotatable bonds is 7. The molecule has 6 nitrogen and oxygen atoms in total. The van der Waals surface area contributed by atoms with Gasteiger partial charge in [-0.25, -0.2) is 4.68 Å². The number of aromatic nitrogens is 2. The molecule has 3 aromatic carbocycles. The number of carbonyl (C=O) groups excluding carboxylic acids is 2. The predicted octanol–water partition coefficient (Wildman–Crippen LogP) is 7.10. The van der Waals surface area contributed by atoms with Crippen molar-refractivity contribution < 1.29 is 9.59 Å². The molecule has 2 amide bonds. The molecule has 1 aliphatic heterocycles. The Labute approximate surface area is 242 Å². The van der Waals surface area contributed by atoms with Crippen LogP contribution in [0.25, 0.3) is 23.0 Å². The van der Waals surface area contributed by atoms with E-state index in [9.17, 15) is 14.9 Å². The van der Waals surface area contributed by atoms with Gasteiger partial charge in [0.05, 0.1) is 17.9 Å². The van der Waals surface area contributed by atoms with Crippen LogP contribution in [0.1, 0.15) is 25.0 Å². The van der Waals surface area contributed by atoms with Crippen molar-refractivity contribution in [2.75, 3.05) is 5.75 Å². The number of hydrogen-bond acceptors (Lipinski definition) is 5. The highest BCUT2D eigenvalue weighted by atomic mass is 35.5. The average Bonchev–Trinajstić information content (AvgIpc) is 3.39. The molecule has 0 atom stereocenters. The zero-order valence-electron chi connectivity index (χ0n) is 22.0. The lowest BCUT2D eigenvalue weighted by atomic mass is 9.93. The molecule has 198 valence electrons. The number of thioether (sulfide) groups is 1.